The molecule has 8 heteroatoms. The summed E-state index contributed by atoms with van der Waals surface area (Å²) in [7, 11) is 0. The van der Waals surface area contributed by atoms with Crippen molar-refractivity contribution in [1.29, 1.82) is 5.26 Å². The van der Waals surface area contributed by atoms with Gasteiger partial charge in [0.15, 0.2) is 0 Å². The predicted octanol–water partition coefficient (Wildman–Crippen LogP) is 3.10. The Morgan fingerprint density at radius 3 is 2.44 bits per heavy atom. The average molecular weight is 456 g/mol. The molecule has 3 aromatic rings. The Morgan fingerprint density at radius 2 is 1.75 bits per heavy atom. The van der Waals surface area contributed by atoms with Crippen molar-refractivity contribution < 1.29 is 19.7 Å². The highest BCUT2D eigenvalue weighted by Gasteiger charge is 2.12. The van der Waals surface area contributed by atoms with Crippen LogP contribution in [0.1, 0.15) is 11.1 Å². The van der Waals surface area contributed by atoms with Crippen LogP contribution in [0.3, 0.4) is 0 Å². The Bertz CT molecular complexity index is 981. The van der Waals surface area contributed by atoms with Crippen molar-refractivity contribution in [3.8, 4) is 23.4 Å². The highest BCUT2D eigenvalue weighted by atomic mass is 35.5. The van der Waals surface area contributed by atoms with E-state index in [9.17, 15) is 10.2 Å². The maximum absolute atomic E-state index is 10.1. The van der Waals surface area contributed by atoms with Gasteiger partial charge in [-0.25, -0.2) is 4.98 Å². The van der Waals surface area contributed by atoms with E-state index in [1.807, 2.05) is 48.5 Å². The number of aliphatic hydroxyl groups excluding tert-OH is 2. The smallest absolute Gasteiger partial charge is 0.237 e. The third-order valence-electron chi connectivity index (χ3n) is 4.56. The van der Waals surface area contributed by atoms with Crippen LogP contribution in [0, 0.1) is 11.3 Å². The second kappa shape index (κ2) is 13.3. The first-order valence-corrected chi connectivity index (χ1v) is 10.00. The number of hydrogen-bond acceptors (Lipinski definition) is 7. The van der Waals surface area contributed by atoms with Crippen LogP contribution in [-0.2, 0) is 6.42 Å². The monoisotopic (exact) mass is 455 g/mol. The van der Waals surface area contributed by atoms with Gasteiger partial charge in [0.25, 0.3) is 0 Å². The molecule has 0 fully saturated rings. The summed E-state index contributed by atoms with van der Waals surface area (Å²) in [6.07, 6.45) is 1.45. The van der Waals surface area contributed by atoms with Crippen LogP contribution in [0.15, 0.2) is 72.9 Å². The summed E-state index contributed by atoms with van der Waals surface area (Å²) in [6, 6.07) is 21.8. The van der Waals surface area contributed by atoms with Gasteiger partial charge in [-0.05, 0) is 48.4 Å². The number of para-hydroxylation sites is 1. The lowest BCUT2D eigenvalue weighted by molar-refractivity contribution is 0.0997. The number of nitrogens with zero attached hydrogens (tertiary/aromatic N) is 2. The van der Waals surface area contributed by atoms with Crippen LogP contribution in [0.2, 0.25) is 0 Å². The number of rotatable bonds is 11. The zero-order valence-corrected chi connectivity index (χ0v) is 18.2. The van der Waals surface area contributed by atoms with E-state index in [1.54, 1.807) is 30.5 Å². The Labute approximate surface area is 193 Å². The van der Waals surface area contributed by atoms with Crippen LogP contribution >= 0.6 is 12.4 Å². The van der Waals surface area contributed by atoms with Crippen LogP contribution in [-0.4, -0.2) is 47.1 Å². The van der Waals surface area contributed by atoms with E-state index < -0.39 is 6.10 Å². The number of halogens is 1. The maximum Gasteiger partial charge on any atom is 0.237 e. The van der Waals surface area contributed by atoms with Gasteiger partial charge < -0.3 is 25.0 Å². The van der Waals surface area contributed by atoms with Gasteiger partial charge in [-0.1, -0.05) is 30.3 Å². The van der Waals surface area contributed by atoms with E-state index in [1.165, 1.54) is 0 Å². The van der Waals surface area contributed by atoms with Crippen molar-refractivity contribution in [2.75, 3.05) is 19.8 Å². The highest BCUT2D eigenvalue weighted by Crippen LogP contribution is 2.23. The number of nitrogens with one attached hydrogen (secondary N) is 1. The first kappa shape index (κ1) is 25.1. The van der Waals surface area contributed by atoms with Gasteiger partial charge in [0.2, 0.25) is 5.88 Å². The van der Waals surface area contributed by atoms with E-state index >= 15 is 0 Å². The van der Waals surface area contributed by atoms with Crippen molar-refractivity contribution in [3.63, 3.8) is 0 Å². The van der Waals surface area contributed by atoms with E-state index in [4.69, 9.17) is 14.7 Å². The molecule has 3 N–H and O–H groups in total. The van der Waals surface area contributed by atoms with Crippen molar-refractivity contribution in [1.82, 2.24) is 10.3 Å². The number of aliphatic hydroxyl groups is 2. The molecule has 3 rings (SSSR count). The molecule has 1 aromatic heterocycles. The molecule has 2 aromatic carbocycles. The van der Waals surface area contributed by atoms with Crippen LogP contribution < -0.4 is 14.8 Å². The van der Waals surface area contributed by atoms with Gasteiger partial charge in [0.1, 0.15) is 35.8 Å². The molecule has 0 amide bonds. The molecule has 0 spiro atoms. The molecular formula is C24H26ClN3O4. The number of benzene rings is 2. The molecule has 168 valence electrons. The van der Waals surface area contributed by atoms with Gasteiger partial charge >= 0.3 is 0 Å². The summed E-state index contributed by atoms with van der Waals surface area (Å²) in [5.41, 5.74) is 1.36. The summed E-state index contributed by atoms with van der Waals surface area (Å²) in [4.78, 5) is 4.08. The Kier molecular flexibility index (Phi) is 10.4. The van der Waals surface area contributed by atoms with Gasteiger partial charge in [0, 0.05) is 18.8 Å². The first-order valence-electron chi connectivity index (χ1n) is 10.00. The van der Waals surface area contributed by atoms with Crippen molar-refractivity contribution >= 4 is 12.4 Å². The fourth-order valence-corrected chi connectivity index (χ4v) is 2.92. The summed E-state index contributed by atoms with van der Waals surface area (Å²) in [6.45, 7) is 0.402. The molecule has 0 aliphatic carbocycles. The number of ether oxygens (including phenoxy) is 2. The van der Waals surface area contributed by atoms with Crippen LogP contribution in [0.5, 0.6) is 17.4 Å². The average Bonchev–Trinajstić information content (AvgIpc) is 2.82. The van der Waals surface area contributed by atoms with Crippen molar-refractivity contribution in [2.24, 2.45) is 0 Å². The minimum absolute atomic E-state index is 0. The molecule has 32 heavy (non-hydrogen) atoms. The Hall–Kier alpha value is -3.15. The number of hydrogen-bond donors (Lipinski definition) is 3. The third-order valence-corrected chi connectivity index (χ3v) is 4.56. The van der Waals surface area contributed by atoms with E-state index in [-0.39, 0.29) is 37.5 Å². The largest absolute Gasteiger partial charge is 0.491 e. The molecule has 2 atom stereocenters. The Balaban J connectivity index is 0.00000363. The molecule has 0 aliphatic heterocycles. The second-order valence-corrected chi connectivity index (χ2v) is 6.98. The molecule has 1 heterocycles. The SMILES string of the molecule is Cl.N#Cc1cccnc1Oc1ccc(C[C@H](CO)NCC(O)COc2ccccc2)cc1. The quantitative estimate of drug-likeness (QED) is 0.407. The fourth-order valence-electron chi connectivity index (χ4n) is 2.92. The van der Waals surface area contributed by atoms with Crippen molar-refractivity contribution in [2.45, 2.75) is 18.6 Å². The second-order valence-electron chi connectivity index (χ2n) is 6.98. The molecule has 0 saturated carbocycles. The third kappa shape index (κ3) is 7.84. The molecule has 0 bridgehead atoms. The van der Waals surface area contributed by atoms with Gasteiger partial charge in [0.05, 0.1) is 6.61 Å². The summed E-state index contributed by atoms with van der Waals surface area (Å²) >= 11 is 0. The maximum atomic E-state index is 10.1. The number of pyridine rings is 1. The van der Waals surface area contributed by atoms with Gasteiger partial charge in [-0.2, -0.15) is 5.26 Å². The lowest BCUT2D eigenvalue weighted by Gasteiger charge is -2.19. The van der Waals surface area contributed by atoms with E-state index in [2.05, 4.69) is 10.3 Å². The predicted molar refractivity (Wildman–Crippen MR) is 123 cm³/mol. The van der Waals surface area contributed by atoms with Gasteiger partial charge in [-0.15, -0.1) is 12.4 Å². The normalized spacial score (nSPS) is 12.2. The number of nitriles is 1. The standard InChI is InChI=1S/C24H25N3O4.ClH/c25-14-19-5-4-12-26-24(19)31-23-10-8-18(9-11-23)13-20(16-28)27-15-21(29)17-30-22-6-2-1-3-7-22;/h1-12,20-21,27-29H,13,15-17H2;1H/t20-,21?;/m1./s1. The molecule has 7 nitrogen and oxygen atoms in total. The topological polar surface area (TPSA) is 108 Å². The highest BCUT2D eigenvalue weighted by molar-refractivity contribution is 5.85. The zero-order chi connectivity index (χ0) is 21.9. The minimum atomic E-state index is -0.697. The zero-order valence-electron chi connectivity index (χ0n) is 17.4. The Morgan fingerprint density at radius 1 is 1.00 bits per heavy atom. The molecule has 0 saturated heterocycles. The summed E-state index contributed by atoms with van der Waals surface area (Å²) in [5, 5.41) is 32.1. The lowest BCUT2D eigenvalue weighted by atomic mass is 10.1. The molecular weight excluding hydrogens is 430 g/mol. The lowest BCUT2D eigenvalue weighted by Crippen LogP contribution is -2.41. The summed E-state index contributed by atoms with van der Waals surface area (Å²) < 4.78 is 11.2. The van der Waals surface area contributed by atoms with Crippen LogP contribution in [0.25, 0.3) is 0 Å². The van der Waals surface area contributed by atoms with Crippen LogP contribution in [0.4, 0.5) is 0 Å². The van der Waals surface area contributed by atoms with E-state index in [0.717, 1.165) is 5.56 Å². The number of aromatic nitrogens is 1. The van der Waals surface area contributed by atoms with Crippen molar-refractivity contribution in [3.05, 3.63) is 84.1 Å². The molecule has 1 unspecified atom stereocenters. The van der Waals surface area contributed by atoms with E-state index in [0.29, 0.717) is 30.0 Å². The first-order chi connectivity index (χ1) is 15.2. The molecule has 0 radical (unpaired) electrons. The van der Waals surface area contributed by atoms with Gasteiger partial charge in [-0.3, -0.25) is 0 Å². The summed E-state index contributed by atoms with van der Waals surface area (Å²) in [5.74, 6) is 1.54. The minimum Gasteiger partial charge on any atom is -0.491 e. The fraction of sp³-hybridized carbons (Fsp3) is 0.250. The molecule has 0 aliphatic rings.